The molecule has 1 N–H and O–H groups in total. The monoisotopic (exact) mass is 424 g/mol. The molecule has 6 nitrogen and oxygen atoms in total. The summed E-state index contributed by atoms with van der Waals surface area (Å²) < 4.78 is 10.9. The molecule has 31 heavy (non-hydrogen) atoms. The van der Waals surface area contributed by atoms with Gasteiger partial charge in [-0.3, -0.25) is 9.59 Å². The third kappa shape index (κ3) is 6.07. The fraction of sp³-hybridized carbons (Fsp3) is 0.440. The maximum absolute atomic E-state index is 13.4. The number of nitrogens with one attached hydrogen (secondary N) is 1. The van der Waals surface area contributed by atoms with Gasteiger partial charge in [-0.2, -0.15) is 0 Å². The smallest absolute Gasteiger partial charge is 0.247 e. The van der Waals surface area contributed by atoms with E-state index in [0.717, 1.165) is 36.3 Å². The number of hydrogen-bond donors (Lipinski definition) is 1. The molecule has 1 aliphatic heterocycles. The molecule has 2 amide bonds. The van der Waals surface area contributed by atoms with Gasteiger partial charge in [0.1, 0.15) is 11.8 Å². The van der Waals surface area contributed by atoms with Crippen molar-refractivity contribution in [1.82, 2.24) is 10.2 Å². The van der Waals surface area contributed by atoms with Crippen LogP contribution in [0.25, 0.3) is 0 Å². The van der Waals surface area contributed by atoms with Gasteiger partial charge in [-0.25, -0.2) is 0 Å². The Bertz CT molecular complexity index is 846. The van der Waals surface area contributed by atoms with Crippen LogP contribution in [0.1, 0.15) is 43.9 Å². The number of amides is 2. The van der Waals surface area contributed by atoms with Crippen LogP contribution >= 0.6 is 0 Å². The van der Waals surface area contributed by atoms with Crippen molar-refractivity contribution >= 4 is 11.8 Å². The van der Waals surface area contributed by atoms with Gasteiger partial charge in [0.2, 0.25) is 11.8 Å². The lowest BCUT2D eigenvalue weighted by atomic mass is 10.0. The summed E-state index contributed by atoms with van der Waals surface area (Å²) >= 11 is 0. The Morgan fingerprint density at radius 1 is 1.13 bits per heavy atom. The molecule has 2 unspecified atom stereocenters. The van der Waals surface area contributed by atoms with E-state index in [0.29, 0.717) is 13.1 Å². The first-order valence-corrected chi connectivity index (χ1v) is 10.9. The van der Waals surface area contributed by atoms with E-state index in [1.807, 2.05) is 68.4 Å². The molecule has 1 heterocycles. The predicted octanol–water partition coefficient (Wildman–Crippen LogP) is 3.72. The van der Waals surface area contributed by atoms with E-state index < -0.39 is 6.04 Å². The minimum Gasteiger partial charge on any atom is -0.497 e. The number of methoxy groups -OCH3 is 1. The summed E-state index contributed by atoms with van der Waals surface area (Å²) in [7, 11) is 1.62. The second kappa shape index (κ2) is 11.0. The lowest BCUT2D eigenvalue weighted by molar-refractivity contribution is -0.144. The zero-order valence-electron chi connectivity index (χ0n) is 18.5. The Hall–Kier alpha value is -2.86. The van der Waals surface area contributed by atoms with Crippen molar-refractivity contribution in [2.24, 2.45) is 5.92 Å². The van der Waals surface area contributed by atoms with Crippen molar-refractivity contribution in [2.45, 2.75) is 45.4 Å². The van der Waals surface area contributed by atoms with E-state index in [9.17, 15) is 9.59 Å². The molecule has 1 aliphatic rings. The highest BCUT2D eigenvalue weighted by molar-refractivity contribution is 5.89. The molecule has 166 valence electrons. The molecular formula is C25H32N2O4. The zero-order valence-corrected chi connectivity index (χ0v) is 18.5. The van der Waals surface area contributed by atoms with Gasteiger partial charge in [-0.1, -0.05) is 56.3 Å². The molecule has 0 bridgehead atoms. The molecule has 6 heteroatoms. The number of carbonyl (C=O) groups is 2. The van der Waals surface area contributed by atoms with Gasteiger partial charge in [0, 0.05) is 25.6 Å². The average molecular weight is 425 g/mol. The lowest BCUT2D eigenvalue weighted by Crippen LogP contribution is -2.46. The second-order valence-corrected chi connectivity index (χ2v) is 8.16. The topological polar surface area (TPSA) is 67.9 Å². The molecule has 3 rings (SSSR count). The maximum Gasteiger partial charge on any atom is 0.247 e. The molecule has 0 aromatic heterocycles. The van der Waals surface area contributed by atoms with Gasteiger partial charge in [-0.05, 0) is 36.1 Å². The van der Waals surface area contributed by atoms with Gasteiger partial charge in [-0.15, -0.1) is 0 Å². The summed E-state index contributed by atoms with van der Waals surface area (Å²) in [6, 6.07) is 16.3. The van der Waals surface area contributed by atoms with Crippen LogP contribution in [0.15, 0.2) is 54.6 Å². The zero-order chi connectivity index (χ0) is 22.2. The molecule has 0 aliphatic carbocycles. The summed E-state index contributed by atoms with van der Waals surface area (Å²) in [5, 5.41) is 3.02. The highest BCUT2D eigenvalue weighted by atomic mass is 16.5. The van der Waals surface area contributed by atoms with Crippen LogP contribution in [-0.4, -0.2) is 43.1 Å². The van der Waals surface area contributed by atoms with Crippen LogP contribution in [-0.2, 0) is 20.9 Å². The third-order valence-electron chi connectivity index (χ3n) is 5.49. The van der Waals surface area contributed by atoms with Crippen LogP contribution in [0.4, 0.5) is 0 Å². The predicted molar refractivity (Wildman–Crippen MR) is 120 cm³/mol. The van der Waals surface area contributed by atoms with E-state index in [1.165, 1.54) is 0 Å². The molecule has 2 aromatic carbocycles. The number of rotatable bonds is 9. The summed E-state index contributed by atoms with van der Waals surface area (Å²) in [4.78, 5) is 28.3. The van der Waals surface area contributed by atoms with Crippen LogP contribution in [0.3, 0.4) is 0 Å². The van der Waals surface area contributed by atoms with Crippen LogP contribution in [0.2, 0.25) is 0 Å². The first kappa shape index (κ1) is 22.8. The van der Waals surface area contributed by atoms with Crippen molar-refractivity contribution in [3.63, 3.8) is 0 Å². The number of nitrogens with zero attached hydrogens (tertiary/aromatic N) is 1. The van der Waals surface area contributed by atoms with Gasteiger partial charge in [0.05, 0.1) is 13.2 Å². The Labute approximate surface area is 184 Å². The van der Waals surface area contributed by atoms with E-state index in [4.69, 9.17) is 9.47 Å². The second-order valence-electron chi connectivity index (χ2n) is 8.16. The van der Waals surface area contributed by atoms with Crippen LogP contribution in [0, 0.1) is 5.92 Å². The van der Waals surface area contributed by atoms with Gasteiger partial charge >= 0.3 is 0 Å². The van der Waals surface area contributed by atoms with Crippen molar-refractivity contribution in [3.05, 3.63) is 65.7 Å². The number of ether oxygens (including phenoxy) is 2. The maximum atomic E-state index is 13.4. The molecule has 0 radical (unpaired) electrons. The molecule has 1 saturated heterocycles. The van der Waals surface area contributed by atoms with Crippen LogP contribution in [0.5, 0.6) is 5.75 Å². The Kier molecular flexibility index (Phi) is 8.06. The molecule has 0 spiro atoms. The summed E-state index contributed by atoms with van der Waals surface area (Å²) in [5.41, 5.74) is 1.72. The highest BCUT2D eigenvalue weighted by Crippen LogP contribution is 2.26. The van der Waals surface area contributed by atoms with Crippen LogP contribution < -0.4 is 10.1 Å². The lowest BCUT2D eigenvalue weighted by Gasteiger charge is -2.33. The van der Waals surface area contributed by atoms with Gasteiger partial charge in [0.25, 0.3) is 0 Å². The first-order valence-electron chi connectivity index (χ1n) is 10.9. The number of carbonyl (C=O) groups excluding carboxylic acids is 2. The first-order chi connectivity index (χ1) is 15.0. The fourth-order valence-corrected chi connectivity index (χ4v) is 3.78. The minimum absolute atomic E-state index is 0.0382. The highest BCUT2D eigenvalue weighted by Gasteiger charge is 2.33. The van der Waals surface area contributed by atoms with Crippen molar-refractivity contribution in [2.75, 3.05) is 20.3 Å². The molecule has 2 aromatic rings. The standard InChI is InChI=1S/C25H32N2O4/c1-18(2)25(29)27(17-19-11-13-21(30-3)14-12-19)23(20-8-5-4-6-9-20)24(28)26-16-22-10-7-15-31-22/h4-6,8-9,11-14,18,22-23H,7,10,15-17H2,1-3H3,(H,26,28). The van der Waals surface area contributed by atoms with Crippen molar-refractivity contribution in [1.29, 1.82) is 0 Å². The SMILES string of the molecule is COc1ccc(CN(C(=O)C(C)C)C(C(=O)NCC2CCCO2)c2ccccc2)cc1. The quantitative estimate of drug-likeness (QED) is 0.666. The molecule has 1 fully saturated rings. The fourth-order valence-electron chi connectivity index (χ4n) is 3.78. The summed E-state index contributed by atoms with van der Waals surface area (Å²) in [5.74, 6) is 0.246. The molecule has 0 saturated carbocycles. The number of hydrogen-bond acceptors (Lipinski definition) is 4. The average Bonchev–Trinajstić information content (AvgIpc) is 3.31. The van der Waals surface area contributed by atoms with E-state index in [-0.39, 0.29) is 23.8 Å². The minimum atomic E-state index is -0.723. The van der Waals surface area contributed by atoms with Gasteiger partial charge in [0.15, 0.2) is 0 Å². The third-order valence-corrected chi connectivity index (χ3v) is 5.49. The largest absolute Gasteiger partial charge is 0.497 e. The summed E-state index contributed by atoms with van der Waals surface area (Å²) in [6.45, 7) is 5.23. The van der Waals surface area contributed by atoms with Gasteiger partial charge < -0.3 is 19.7 Å². The molecule has 2 atom stereocenters. The normalized spacial score (nSPS) is 16.7. The Balaban J connectivity index is 1.89. The van der Waals surface area contributed by atoms with Crippen molar-refractivity contribution in [3.8, 4) is 5.75 Å². The Morgan fingerprint density at radius 3 is 2.42 bits per heavy atom. The van der Waals surface area contributed by atoms with Crippen molar-refractivity contribution < 1.29 is 19.1 Å². The Morgan fingerprint density at radius 2 is 1.84 bits per heavy atom. The van der Waals surface area contributed by atoms with E-state index in [2.05, 4.69) is 5.32 Å². The summed E-state index contributed by atoms with van der Waals surface area (Å²) in [6.07, 6.45) is 1.99. The number of benzene rings is 2. The van der Waals surface area contributed by atoms with E-state index >= 15 is 0 Å². The molecular weight excluding hydrogens is 392 g/mol. The van der Waals surface area contributed by atoms with E-state index in [1.54, 1.807) is 12.0 Å².